The fourth-order valence-electron chi connectivity index (χ4n) is 3.13. The number of amides is 1. The fourth-order valence-corrected chi connectivity index (χ4v) is 4.34. The number of anilines is 2. The van der Waals surface area contributed by atoms with Crippen molar-refractivity contribution in [2.75, 3.05) is 22.5 Å². The van der Waals surface area contributed by atoms with Gasteiger partial charge in [-0.25, -0.2) is 13.2 Å². The Morgan fingerprint density at radius 1 is 1.10 bits per heavy atom. The van der Waals surface area contributed by atoms with Crippen LogP contribution in [0.15, 0.2) is 48.5 Å². The first kappa shape index (κ1) is 24.4. The summed E-state index contributed by atoms with van der Waals surface area (Å²) in [6.07, 6.45) is 3.11. The summed E-state index contributed by atoms with van der Waals surface area (Å²) in [6, 6.07) is 12.4. The van der Waals surface area contributed by atoms with Crippen molar-refractivity contribution in [3.8, 4) is 0 Å². The van der Waals surface area contributed by atoms with E-state index in [4.69, 9.17) is 4.74 Å². The largest absolute Gasteiger partial charge is 0.462 e. The van der Waals surface area contributed by atoms with Gasteiger partial charge in [-0.2, -0.15) is 0 Å². The van der Waals surface area contributed by atoms with Gasteiger partial charge in [-0.3, -0.25) is 9.10 Å². The van der Waals surface area contributed by atoms with Crippen molar-refractivity contribution < 1.29 is 22.7 Å². The van der Waals surface area contributed by atoms with E-state index in [9.17, 15) is 18.0 Å². The molecule has 1 unspecified atom stereocenters. The molecule has 2 aromatic carbocycles. The molecule has 0 aliphatic carbocycles. The lowest BCUT2D eigenvalue weighted by molar-refractivity contribution is -0.117. The van der Waals surface area contributed by atoms with Crippen LogP contribution in [0.2, 0.25) is 0 Å². The Hall–Kier alpha value is -2.87. The lowest BCUT2D eigenvalue weighted by Crippen LogP contribution is -2.47. The zero-order valence-electron chi connectivity index (χ0n) is 18.4. The Labute approximate surface area is 184 Å². The monoisotopic (exact) mass is 446 g/mol. The Bertz CT molecular complexity index is 1000. The molecule has 0 saturated carbocycles. The van der Waals surface area contributed by atoms with Gasteiger partial charge in [0.25, 0.3) is 0 Å². The summed E-state index contributed by atoms with van der Waals surface area (Å²) in [6.45, 7) is 6.00. The summed E-state index contributed by atoms with van der Waals surface area (Å²) in [7, 11) is -3.70. The number of unbranched alkanes of at least 4 members (excludes halogenated alkanes) is 1. The van der Waals surface area contributed by atoms with Gasteiger partial charge in [0.15, 0.2) is 0 Å². The number of nitrogens with zero attached hydrogens (tertiary/aromatic N) is 1. The van der Waals surface area contributed by atoms with Gasteiger partial charge in [0, 0.05) is 5.69 Å². The molecule has 0 fully saturated rings. The average molecular weight is 447 g/mol. The third-order valence-corrected chi connectivity index (χ3v) is 5.88. The number of carbonyl (C=O) groups excluding carboxylic acids is 2. The highest BCUT2D eigenvalue weighted by Gasteiger charge is 2.31. The highest BCUT2D eigenvalue weighted by Crippen LogP contribution is 2.24. The molecule has 8 heteroatoms. The molecule has 0 aromatic heterocycles. The minimum atomic E-state index is -3.70. The Morgan fingerprint density at radius 3 is 2.32 bits per heavy atom. The van der Waals surface area contributed by atoms with Gasteiger partial charge in [0.2, 0.25) is 15.9 Å². The molecule has 168 valence electrons. The molecular weight excluding hydrogens is 416 g/mol. The van der Waals surface area contributed by atoms with E-state index >= 15 is 0 Å². The standard InChI is InChI=1S/C23H30N2O5S/c1-5-7-15-30-23(27)18-11-13-19(14-12-18)24-22(26)21(6-2)25(31(4,28)29)20-10-8-9-17(3)16-20/h8-14,16,21H,5-7,15H2,1-4H3,(H,24,26). The van der Waals surface area contributed by atoms with Crippen molar-refractivity contribution in [1.29, 1.82) is 0 Å². The van der Waals surface area contributed by atoms with Crippen LogP contribution in [0.3, 0.4) is 0 Å². The van der Waals surface area contributed by atoms with Crippen LogP contribution in [0.25, 0.3) is 0 Å². The normalized spacial score (nSPS) is 12.1. The molecule has 0 radical (unpaired) electrons. The van der Waals surface area contributed by atoms with E-state index in [0.29, 0.717) is 23.5 Å². The van der Waals surface area contributed by atoms with Crippen molar-refractivity contribution >= 4 is 33.3 Å². The molecule has 0 saturated heterocycles. The summed E-state index contributed by atoms with van der Waals surface area (Å²) < 4.78 is 31.4. The van der Waals surface area contributed by atoms with Gasteiger partial charge >= 0.3 is 5.97 Å². The van der Waals surface area contributed by atoms with Crippen molar-refractivity contribution in [3.63, 3.8) is 0 Å². The highest BCUT2D eigenvalue weighted by molar-refractivity contribution is 7.92. The number of benzene rings is 2. The van der Waals surface area contributed by atoms with Gasteiger partial charge in [-0.1, -0.05) is 32.4 Å². The lowest BCUT2D eigenvalue weighted by atomic mass is 10.1. The van der Waals surface area contributed by atoms with E-state index in [1.54, 1.807) is 49.4 Å². The molecule has 0 spiro atoms. The molecule has 31 heavy (non-hydrogen) atoms. The summed E-state index contributed by atoms with van der Waals surface area (Å²) in [5, 5.41) is 2.75. The van der Waals surface area contributed by atoms with Gasteiger partial charge in [0.05, 0.1) is 24.1 Å². The van der Waals surface area contributed by atoms with Crippen LogP contribution in [-0.4, -0.2) is 39.2 Å². The summed E-state index contributed by atoms with van der Waals surface area (Å²) in [4.78, 5) is 25.0. The number of nitrogens with one attached hydrogen (secondary N) is 1. The number of sulfonamides is 1. The number of aryl methyl sites for hydroxylation is 1. The number of esters is 1. The molecule has 2 aromatic rings. The van der Waals surface area contributed by atoms with Crippen LogP contribution in [0.5, 0.6) is 0 Å². The number of rotatable bonds is 10. The number of hydrogen-bond donors (Lipinski definition) is 1. The van der Waals surface area contributed by atoms with E-state index < -0.39 is 27.9 Å². The summed E-state index contributed by atoms with van der Waals surface area (Å²) >= 11 is 0. The summed E-state index contributed by atoms with van der Waals surface area (Å²) in [5.74, 6) is -0.867. The van der Waals surface area contributed by atoms with Crippen molar-refractivity contribution in [2.45, 2.75) is 46.1 Å². The minimum Gasteiger partial charge on any atom is -0.462 e. The first-order valence-electron chi connectivity index (χ1n) is 10.3. The topological polar surface area (TPSA) is 92.8 Å². The van der Waals surface area contributed by atoms with E-state index in [2.05, 4.69) is 5.32 Å². The second-order valence-corrected chi connectivity index (χ2v) is 9.24. The Morgan fingerprint density at radius 2 is 1.77 bits per heavy atom. The van der Waals surface area contributed by atoms with Crippen molar-refractivity contribution in [2.24, 2.45) is 0 Å². The molecular formula is C23H30N2O5S. The third kappa shape index (κ3) is 6.82. The quantitative estimate of drug-likeness (QED) is 0.437. The maximum atomic E-state index is 13.0. The second-order valence-electron chi connectivity index (χ2n) is 7.38. The average Bonchev–Trinajstić information content (AvgIpc) is 2.71. The Balaban J connectivity index is 2.18. The van der Waals surface area contributed by atoms with Gasteiger partial charge in [0.1, 0.15) is 6.04 Å². The van der Waals surface area contributed by atoms with Gasteiger partial charge in [-0.15, -0.1) is 0 Å². The summed E-state index contributed by atoms with van der Waals surface area (Å²) in [5.41, 5.74) is 2.18. The van der Waals surface area contributed by atoms with Crippen LogP contribution < -0.4 is 9.62 Å². The predicted octanol–water partition coefficient (Wildman–Crippen LogP) is 4.14. The molecule has 0 bridgehead atoms. The molecule has 1 N–H and O–H groups in total. The third-order valence-electron chi connectivity index (χ3n) is 4.71. The van der Waals surface area contributed by atoms with Crippen LogP contribution >= 0.6 is 0 Å². The van der Waals surface area contributed by atoms with E-state index in [1.165, 1.54) is 0 Å². The molecule has 2 rings (SSSR count). The highest BCUT2D eigenvalue weighted by atomic mass is 32.2. The molecule has 7 nitrogen and oxygen atoms in total. The smallest absolute Gasteiger partial charge is 0.338 e. The SMILES string of the molecule is CCCCOC(=O)c1ccc(NC(=O)C(CC)N(c2cccc(C)c2)S(C)(=O)=O)cc1. The van der Waals surface area contributed by atoms with Crippen molar-refractivity contribution in [3.05, 3.63) is 59.7 Å². The molecule has 1 amide bonds. The van der Waals surface area contributed by atoms with E-state index in [1.807, 2.05) is 19.9 Å². The fraction of sp³-hybridized carbons (Fsp3) is 0.391. The zero-order valence-corrected chi connectivity index (χ0v) is 19.2. The van der Waals surface area contributed by atoms with Crippen LogP contribution in [0, 0.1) is 6.92 Å². The molecule has 1 atom stereocenters. The van der Waals surface area contributed by atoms with Gasteiger partial charge < -0.3 is 10.1 Å². The van der Waals surface area contributed by atoms with Crippen LogP contribution in [-0.2, 0) is 19.6 Å². The molecule has 0 aliphatic rings. The van der Waals surface area contributed by atoms with E-state index in [-0.39, 0.29) is 6.42 Å². The number of carbonyl (C=O) groups is 2. The Kier molecular flexibility index (Phi) is 8.62. The number of hydrogen-bond acceptors (Lipinski definition) is 5. The first-order valence-corrected chi connectivity index (χ1v) is 12.2. The first-order chi connectivity index (χ1) is 14.7. The lowest BCUT2D eigenvalue weighted by Gasteiger charge is -2.30. The second kappa shape index (κ2) is 10.9. The van der Waals surface area contributed by atoms with E-state index in [0.717, 1.165) is 29.0 Å². The zero-order chi connectivity index (χ0) is 23.0. The maximum Gasteiger partial charge on any atom is 0.338 e. The maximum absolute atomic E-state index is 13.0. The molecule has 0 heterocycles. The van der Waals surface area contributed by atoms with Gasteiger partial charge in [-0.05, 0) is 61.7 Å². The van der Waals surface area contributed by atoms with Crippen LogP contribution in [0.1, 0.15) is 49.0 Å². The van der Waals surface area contributed by atoms with Crippen LogP contribution in [0.4, 0.5) is 11.4 Å². The predicted molar refractivity (Wildman–Crippen MR) is 123 cm³/mol. The number of ether oxygens (including phenoxy) is 1. The van der Waals surface area contributed by atoms with Crippen molar-refractivity contribution in [1.82, 2.24) is 0 Å². The minimum absolute atomic E-state index is 0.286. The molecule has 0 aliphatic heterocycles.